The van der Waals surface area contributed by atoms with E-state index in [2.05, 4.69) is 16.3 Å². The van der Waals surface area contributed by atoms with Gasteiger partial charge in [0, 0.05) is 10.3 Å². The molecule has 0 radical (unpaired) electrons. The molecule has 7 heteroatoms. The molecule has 0 bridgehead atoms. The molecule has 0 aliphatic carbocycles. The van der Waals surface area contributed by atoms with Crippen LogP contribution in [0, 0.1) is 25.2 Å². The first-order valence-corrected chi connectivity index (χ1v) is 6.96. The van der Waals surface area contributed by atoms with Crippen molar-refractivity contribution in [3.8, 4) is 6.07 Å². The highest BCUT2D eigenvalue weighted by Crippen LogP contribution is 2.32. The maximum atomic E-state index is 10.8. The standard InChI is InChI=1S/C12H9N3O2S2/c1-6-7(2)14-15-11(9(6)4-13)19-8-3-10(12(16)17)18-5-8/h3,5H,1-2H3,(H,16,17). The maximum Gasteiger partial charge on any atom is 0.345 e. The minimum absolute atomic E-state index is 0.262. The van der Waals surface area contributed by atoms with Crippen LogP contribution in [0.3, 0.4) is 0 Å². The molecular formula is C12H9N3O2S2. The van der Waals surface area contributed by atoms with Crippen LogP contribution in [0.25, 0.3) is 0 Å². The molecule has 5 nitrogen and oxygen atoms in total. The molecular weight excluding hydrogens is 282 g/mol. The van der Waals surface area contributed by atoms with E-state index < -0.39 is 5.97 Å². The van der Waals surface area contributed by atoms with Crippen molar-refractivity contribution < 1.29 is 9.90 Å². The van der Waals surface area contributed by atoms with Crippen molar-refractivity contribution in [3.63, 3.8) is 0 Å². The Morgan fingerprint density at radius 1 is 1.47 bits per heavy atom. The average Bonchev–Trinajstić information content (AvgIpc) is 2.83. The molecule has 2 rings (SSSR count). The molecule has 0 unspecified atom stereocenters. The Kier molecular flexibility index (Phi) is 3.83. The number of aromatic carboxylic acids is 1. The first kappa shape index (κ1) is 13.5. The normalized spacial score (nSPS) is 10.2. The summed E-state index contributed by atoms with van der Waals surface area (Å²) in [4.78, 5) is 11.8. The van der Waals surface area contributed by atoms with Crippen LogP contribution >= 0.6 is 23.1 Å². The topological polar surface area (TPSA) is 86.9 Å². The van der Waals surface area contributed by atoms with Crippen molar-refractivity contribution in [2.75, 3.05) is 0 Å². The summed E-state index contributed by atoms with van der Waals surface area (Å²) in [6.45, 7) is 3.62. The highest BCUT2D eigenvalue weighted by atomic mass is 32.2. The molecule has 0 spiro atoms. The second-order valence-electron chi connectivity index (χ2n) is 3.76. The van der Waals surface area contributed by atoms with E-state index in [1.807, 2.05) is 6.92 Å². The third kappa shape index (κ3) is 2.75. The Balaban J connectivity index is 2.36. The SMILES string of the molecule is Cc1nnc(Sc2csc(C(=O)O)c2)c(C#N)c1C. The van der Waals surface area contributed by atoms with E-state index in [0.29, 0.717) is 10.6 Å². The fourth-order valence-corrected chi connectivity index (χ4v) is 3.19. The zero-order valence-electron chi connectivity index (χ0n) is 10.2. The number of carboxylic acids is 1. The number of aromatic nitrogens is 2. The third-order valence-corrected chi connectivity index (χ3v) is 4.55. The number of carboxylic acid groups (broad SMARTS) is 1. The zero-order chi connectivity index (χ0) is 14.0. The van der Waals surface area contributed by atoms with Gasteiger partial charge in [-0.15, -0.1) is 16.4 Å². The highest BCUT2D eigenvalue weighted by molar-refractivity contribution is 7.99. The number of hydrogen-bond donors (Lipinski definition) is 1. The van der Waals surface area contributed by atoms with Gasteiger partial charge in [-0.3, -0.25) is 0 Å². The van der Waals surface area contributed by atoms with Crippen molar-refractivity contribution in [2.24, 2.45) is 0 Å². The van der Waals surface area contributed by atoms with Gasteiger partial charge in [0.2, 0.25) is 0 Å². The van der Waals surface area contributed by atoms with Gasteiger partial charge >= 0.3 is 5.97 Å². The molecule has 0 aliphatic heterocycles. The summed E-state index contributed by atoms with van der Waals surface area (Å²) in [6.07, 6.45) is 0. The Morgan fingerprint density at radius 2 is 2.21 bits per heavy atom. The molecule has 0 fully saturated rings. The van der Waals surface area contributed by atoms with Crippen molar-refractivity contribution in [2.45, 2.75) is 23.8 Å². The Labute approximate surface area is 117 Å². The van der Waals surface area contributed by atoms with Crippen molar-refractivity contribution >= 4 is 29.1 Å². The van der Waals surface area contributed by atoms with E-state index in [4.69, 9.17) is 5.11 Å². The molecule has 0 saturated heterocycles. The largest absolute Gasteiger partial charge is 0.477 e. The van der Waals surface area contributed by atoms with Gasteiger partial charge in [0.15, 0.2) is 0 Å². The Hall–Kier alpha value is -1.91. The summed E-state index contributed by atoms with van der Waals surface area (Å²) < 4.78 is 0. The number of aryl methyl sites for hydroxylation is 1. The fourth-order valence-electron chi connectivity index (χ4n) is 1.39. The van der Waals surface area contributed by atoms with Crippen LogP contribution in [0.2, 0.25) is 0 Å². The zero-order valence-corrected chi connectivity index (χ0v) is 11.8. The van der Waals surface area contributed by atoms with Gasteiger partial charge in [0.25, 0.3) is 0 Å². The van der Waals surface area contributed by atoms with E-state index in [-0.39, 0.29) is 4.88 Å². The maximum absolute atomic E-state index is 10.8. The number of nitriles is 1. The predicted octanol–water partition coefficient (Wildman–Crippen LogP) is 2.88. The van der Waals surface area contributed by atoms with Gasteiger partial charge in [-0.1, -0.05) is 11.8 Å². The summed E-state index contributed by atoms with van der Waals surface area (Å²) in [6, 6.07) is 3.68. The fraction of sp³-hybridized carbons (Fsp3) is 0.167. The minimum Gasteiger partial charge on any atom is -0.477 e. The van der Waals surface area contributed by atoms with Crippen LogP contribution < -0.4 is 0 Å². The molecule has 96 valence electrons. The molecule has 0 saturated carbocycles. The molecule has 0 amide bonds. The summed E-state index contributed by atoms with van der Waals surface area (Å²) in [5.41, 5.74) is 2.01. The number of carbonyl (C=O) groups is 1. The lowest BCUT2D eigenvalue weighted by Gasteiger charge is -2.05. The van der Waals surface area contributed by atoms with Crippen molar-refractivity contribution in [1.29, 1.82) is 5.26 Å². The second-order valence-corrected chi connectivity index (χ2v) is 5.73. The van der Waals surface area contributed by atoms with E-state index in [9.17, 15) is 10.1 Å². The van der Waals surface area contributed by atoms with Crippen LogP contribution in [-0.4, -0.2) is 21.3 Å². The second kappa shape index (κ2) is 5.38. The van der Waals surface area contributed by atoms with Crippen LogP contribution in [0.1, 0.15) is 26.5 Å². The van der Waals surface area contributed by atoms with Gasteiger partial charge in [-0.05, 0) is 25.5 Å². The number of hydrogen-bond acceptors (Lipinski definition) is 6. The van der Waals surface area contributed by atoms with Crippen LogP contribution in [0.15, 0.2) is 21.4 Å². The molecule has 19 heavy (non-hydrogen) atoms. The van der Waals surface area contributed by atoms with Gasteiger partial charge in [0.05, 0.1) is 11.3 Å². The van der Waals surface area contributed by atoms with Crippen LogP contribution in [0.4, 0.5) is 0 Å². The quantitative estimate of drug-likeness (QED) is 0.935. The first-order valence-electron chi connectivity index (χ1n) is 5.26. The number of rotatable bonds is 3. The monoisotopic (exact) mass is 291 g/mol. The Bertz CT molecular complexity index is 689. The molecule has 1 N–H and O–H groups in total. The van der Waals surface area contributed by atoms with Gasteiger partial charge < -0.3 is 5.11 Å². The summed E-state index contributed by atoms with van der Waals surface area (Å²) in [5, 5.41) is 28.3. The Morgan fingerprint density at radius 3 is 2.79 bits per heavy atom. The van der Waals surface area contributed by atoms with E-state index in [0.717, 1.165) is 27.5 Å². The van der Waals surface area contributed by atoms with Crippen molar-refractivity contribution in [1.82, 2.24) is 10.2 Å². The van der Waals surface area contributed by atoms with Crippen LogP contribution in [-0.2, 0) is 0 Å². The molecule has 0 atom stereocenters. The van der Waals surface area contributed by atoms with Gasteiger partial charge in [-0.2, -0.15) is 10.4 Å². The number of thiophene rings is 1. The lowest BCUT2D eigenvalue weighted by atomic mass is 10.1. The number of nitrogens with zero attached hydrogens (tertiary/aromatic N) is 3. The van der Waals surface area contributed by atoms with Gasteiger partial charge in [0.1, 0.15) is 16.0 Å². The van der Waals surface area contributed by atoms with Crippen LogP contribution in [0.5, 0.6) is 0 Å². The first-order chi connectivity index (χ1) is 9.02. The summed E-state index contributed by atoms with van der Waals surface area (Å²) in [5.74, 6) is -0.955. The predicted molar refractivity (Wildman–Crippen MR) is 71.6 cm³/mol. The van der Waals surface area contributed by atoms with E-state index in [1.165, 1.54) is 11.8 Å². The highest BCUT2D eigenvalue weighted by Gasteiger charge is 2.14. The van der Waals surface area contributed by atoms with E-state index >= 15 is 0 Å². The van der Waals surface area contributed by atoms with Gasteiger partial charge in [-0.25, -0.2) is 4.79 Å². The summed E-state index contributed by atoms with van der Waals surface area (Å²) in [7, 11) is 0. The minimum atomic E-state index is -0.955. The summed E-state index contributed by atoms with van der Waals surface area (Å²) >= 11 is 2.40. The van der Waals surface area contributed by atoms with E-state index in [1.54, 1.807) is 18.4 Å². The molecule has 2 heterocycles. The van der Waals surface area contributed by atoms with Crippen molar-refractivity contribution in [3.05, 3.63) is 33.1 Å². The molecule has 0 aliphatic rings. The molecule has 2 aromatic heterocycles. The molecule has 0 aromatic carbocycles. The lowest BCUT2D eigenvalue weighted by Crippen LogP contribution is -1.98. The molecule has 2 aromatic rings. The third-order valence-electron chi connectivity index (χ3n) is 2.53. The lowest BCUT2D eigenvalue weighted by molar-refractivity contribution is 0.0702. The smallest absolute Gasteiger partial charge is 0.345 e. The average molecular weight is 291 g/mol.